The van der Waals surface area contributed by atoms with Gasteiger partial charge in [-0.05, 0) is 62.1 Å². The lowest BCUT2D eigenvalue weighted by molar-refractivity contribution is -0.121. The molecule has 1 fully saturated rings. The number of hydrogen-bond acceptors (Lipinski definition) is 8. The van der Waals surface area contributed by atoms with Gasteiger partial charge in [0.2, 0.25) is 5.91 Å². The topological polar surface area (TPSA) is 201 Å². The number of benzene rings is 2. The van der Waals surface area contributed by atoms with E-state index >= 15 is 0 Å². The second-order valence-electron chi connectivity index (χ2n) is 9.97. The minimum atomic E-state index is -0.476. The summed E-state index contributed by atoms with van der Waals surface area (Å²) in [7, 11) is 0. The highest BCUT2D eigenvalue weighted by Gasteiger charge is 2.24. The number of carbonyl (C=O) groups excluding carboxylic acids is 2. The number of aromatic hydroxyl groups is 1. The van der Waals surface area contributed by atoms with Crippen molar-refractivity contribution >= 4 is 29.2 Å². The van der Waals surface area contributed by atoms with Crippen molar-refractivity contribution in [1.29, 1.82) is 5.41 Å². The van der Waals surface area contributed by atoms with Gasteiger partial charge in [-0.15, -0.1) is 0 Å². The van der Waals surface area contributed by atoms with Gasteiger partial charge in [-0.1, -0.05) is 13.0 Å². The molecule has 12 heteroatoms. The van der Waals surface area contributed by atoms with Crippen LogP contribution in [0.25, 0.3) is 11.3 Å². The molecular weight excluding hydrogens is 512 g/mol. The maximum Gasteiger partial charge on any atom is 0.294 e. The lowest BCUT2D eigenvalue weighted by Crippen LogP contribution is -2.34. The van der Waals surface area contributed by atoms with Gasteiger partial charge in [-0.3, -0.25) is 24.4 Å². The molecular formula is C28H34N8O4. The Kier molecular flexibility index (Phi) is 8.37. The third kappa shape index (κ3) is 6.76. The van der Waals surface area contributed by atoms with E-state index in [4.69, 9.17) is 16.9 Å². The summed E-state index contributed by atoms with van der Waals surface area (Å²) >= 11 is 0. The number of carbonyl (C=O) groups is 2. The van der Waals surface area contributed by atoms with Gasteiger partial charge in [0, 0.05) is 35.4 Å². The highest BCUT2D eigenvalue weighted by molar-refractivity contribution is 5.97. The van der Waals surface area contributed by atoms with Crippen molar-refractivity contribution in [3.05, 3.63) is 69.6 Å². The molecule has 4 rings (SSSR count). The van der Waals surface area contributed by atoms with Crippen molar-refractivity contribution in [3.8, 4) is 17.0 Å². The number of amidine groups is 1. The Bertz CT molecular complexity index is 1510. The summed E-state index contributed by atoms with van der Waals surface area (Å²) in [5.41, 5.74) is 13.3. The molecule has 2 aromatic carbocycles. The minimum absolute atomic E-state index is 0.0331. The maximum atomic E-state index is 13.5. The molecule has 0 spiro atoms. The third-order valence-corrected chi connectivity index (χ3v) is 6.62. The van der Waals surface area contributed by atoms with E-state index in [1.165, 1.54) is 22.9 Å². The van der Waals surface area contributed by atoms with Gasteiger partial charge in [0.1, 0.15) is 18.1 Å². The van der Waals surface area contributed by atoms with E-state index in [2.05, 4.69) is 20.9 Å². The van der Waals surface area contributed by atoms with Crippen LogP contribution in [0.5, 0.6) is 5.75 Å². The summed E-state index contributed by atoms with van der Waals surface area (Å²) in [4.78, 5) is 43.6. The number of nitrogens with one attached hydrogen (secondary N) is 4. The van der Waals surface area contributed by atoms with Crippen LogP contribution in [0.3, 0.4) is 0 Å². The van der Waals surface area contributed by atoms with Gasteiger partial charge in [0.05, 0.1) is 17.5 Å². The molecule has 40 heavy (non-hydrogen) atoms. The number of nitrogens with two attached hydrogens (primary N) is 2. The standard InChI is InChI=1S/C28H34N8O4/c1-3-15(2)34-27(39)18-9-17(10-19(29)11-18)22-13-33-26(35-20-5-6-20)28(40)36(22)14-24(38)32-12-16-4-7-21(25(30)31)23(37)8-16/h4,7-11,13,15,20,37H,3,5-6,12,14,29H2,1-2H3,(H3,30,31)(H,32,38)(H,33,35)(H,34,39)/t15-/m0/s1. The largest absolute Gasteiger partial charge is 0.507 e. The Labute approximate surface area is 231 Å². The van der Waals surface area contributed by atoms with Gasteiger partial charge in [-0.25, -0.2) is 4.98 Å². The molecule has 0 radical (unpaired) electrons. The van der Waals surface area contributed by atoms with Gasteiger partial charge < -0.3 is 32.5 Å². The van der Waals surface area contributed by atoms with Crippen molar-refractivity contribution in [3.63, 3.8) is 0 Å². The average Bonchev–Trinajstić information content (AvgIpc) is 3.73. The number of hydrogen-bond donors (Lipinski definition) is 7. The van der Waals surface area contributed by atoms with Crippen LogP contribution in [-0.4, -0.2) is 44.4 Å². The molecule has 9 N–H and O–H groups in total. The number of amides is 2. The Morgan fingerprint density at radius 3 is 2.62 bits per heavy atom. The lowest BCUT2D eigenvalue weighted by Gasteiger charge is -2.17. The molecule has 1 atom stereocenters. The van der Waals surface area contributed by atoms with Crippen LogP contribution in [0.1, 0.15) is 54.6 Å². The number of nitrogen functional groups attached to an aromatic ring is 2. The molecule has 12 nitrogen and oxygen atoms in total. The summed E-state index contributed by atoms with van der Waals surface area (Å²) in [5.74, 6) is -1.05. The van der Waals surface area contributed by atoms with Gasteiger partial charge in [0.15, 0.2) is 5.82 Å². The molecule has 3 aromatic rings. The first-order chi connectivity index (χ1) is 19.0. The normalized spacial score (nSPS) is 13.3. The van der Waals surface area contributed by atoms with E-state index < -0.39 is 11.5 Å². The van der Waals surface area contributed by atoms with Gasteiger partial charge in [-0.2, -0.15) is 0 Å². The first-order valence-electron chi connectivity index (χ1n) is 13.1. The van der Waals surface area contributed by atoms with E-state index in [9.17, 15) is 19.5 Å². The van der Waals surface area contributed by atoms with E-state index in [1.807, 2.05) is 13.8 Å². The highest BCUT2D eigenvalue weighted by Crippen LogP contribution is 2.26. The smallest absolute Gasteiger partial charge is 0.294 e. The van der Waals surface area contributed by atoms with Crippen LogP contribution >= 0.6 is 0 Å². The molecule has 0 unspecified atom stereocenters. The molecule has 1 heterocycles. The Balaban J connectivity index is 1.62. The zero-order chi connectivity index (χ0) is 29.0. The fourth-order valence-corrected chi connectivity index (χ4v) is 4.05. The first kappa shape index (κ1) is 28.1. The zero-order valence-electron chi connectivity index (χ0n) is 22.5. The Morgan fingerprint density at radius 2 is 1.98 bits per heavy atom. The summed E-state index contributed by atoms with van der Waals surface area (Å²) in [5, 5.41) is 26.3. The third-order valence-electron chi connectivity index (χ3n) is 6.62. The van der Waals surface area contributed by atoms with Gasteiger partial charge >= 0.3 is 0 Å². The van der Waals surface area contributed by atoms with Crippen LogP contribution in [0.4, 0.5) is 11.5 Å². The van der Waals surface area contributed by atoms with E-state index in [1.54, 1.807) is 24.3 Å². The molecule has 2 amide bonds. The van der Waals surface area contributed by atoms with Crippen molar-refractivity contribution in [2.45, 2.75) is 58.3 Å². The van der Waals surface area contributed by atoms with E-state index in [-0.39, 0.29) is 54.0 Å². The van der Waals surface area contributed by atoms with Crippen LogP contribution in [0, 0.1) is 5.41 Å². The molecule has 1 saturated carbocycles. The number of aromatic nitrogens is 2. The predicted molar refractivity (Wildman–Crippen MR) is 153 cm³/mol. The van der Waals surface area contributed by atoms with Gasteiger partial charge in [0.25, 0.3) is 11.5 Å². The fraction of sp³-hybridized carbons (Fsp3) is 0.321. The highest BCUT2D eigenvalue weighted by atomic mass is 16.3. The Hall–Kier alpha value is -4.87. The van der Waals surface area contributed by atoms with Crippen LogP contribution in [0.15, 0.2) is 47.4 Å². The van der Waals surface area contributed by atoms with E-state index in [0.717, 1.165) is 19.3 Å². The van der Waals surface area contributed by atoms with E-state index in [0.29, 0.717) is 28.1 Å². The minimum Gasteiger partial charge on any atom is -0.507 e. The molecule has 0 aliphatic heterocycles. The summed E-state index contributed by atoms with van der Waals surface area (Å²) in [6, 6.07) is 9.48. The van der Waals surface area contributed by atoms with Crippen LogP contribution < -0.4 is 33.0 Å². The quantitative estimate of drug-likeness (QED) is 0.107. The second kappa shape index (κ2) is 11.9. The van der Waals surface area contributed by atoms with Crippen molar-refractivity contribution < 1.29 is 14.7 Å². The number of phenolic OH excluding ortho intramolecular Hbond substituents is 1. The molecule has 1 aliphatic carbocycles. The molecule has 1 aromatic heterocycles. The fourth-order valence-electron chi connectivity index (χ4n) is 4.05. The van der Waals surface area contributed by atoms with Crippen LogP contribution in [-0.2, 0) is 17.9 Å². The number of nitrogens with zero attached hydrogens (tertiary/aromatic N) is 2. The first-order valence-corrected chi connectivity index (χ1v) is 13.1. The monoisotopic (exact) mass is 546 g/mol. The lowest BCUT2D eigenvalue weighted by atomic mass is 10.1. The molecule has 1 aliphatic rings. The maximum absolute atomic E-state index is 13.5. The van der Waals surface area contributed by atoms with Crippen molar-refractivity contribution in [2.75, 3.05) is 11.1 Å². The average molecular weight is 547 g/mol. The predicted octanol–water partition coefficient (Wildman–Crippen LogP) is 1.90. The summed E-state index contributed by atoms with van der Waals surface area (Å²) in [6.45, 7) is 3.62. The van der Waals surface area contributed by atoms with Crippen LogP contribution in [0.2, 0.25) is 0 Å². The molecule has 0 saturated heterocycles. The second-order valence-corrected chi connectivity index (χ2v) is 9.97. The van der Waals surface area contributed by atoms with Crippen molar-refractivity contribution in [2.24, 2.45) is 5.73 Å². The molecule has 210 valence electrons. The zero-order valence-corrected chi connectivity index (χ0v) is 22.5. The Morgan fingerprint density at radius 1 is 1.23 bits per heavy atom. The summed E-state index contributed by atoms with van der Waals surface area (Å²) < 4.78 is 1.30. The van der Waals surface area contributed by atoms with Crippen molar-refractivity contribution in [1.82, 2.24) is 20.2 Å². The number of rotatable bonds is 11. The molecule has 0 bridgehead atoms. The number of phenols is 1. The SMILES string of the molecule is CC[C@H](C)NC(=O)c1cc(N)cc(-c2cnc(NC3CC3)c(=O)n2CC(=O)NCc2ccc(C(=N)N)c(O)c2)c1. The number of anilines is 2. The summed E-state index contributed by atoms with van der Waals surface area (Å²) in [6.07, 6.45) is 4.11.